The highest BCUT2D eigenvalue weighted by Crippen LogP contribution is 2.40. The van der Waals surface area contributed by atoms with E-state index in [1.165, 1.54) is 16.4 Å². The van der Waals surface area contributed by atoms with Crippen molar-refractivity contribution in [2.45, 2.75) is 23.2 Å². The minimum absolute atomic E-state index is 0.0425. The number of nitrogens with zero attached hydrogens (tertiary/aromatic N) is 4. The molecule has 1 aromatic heterocycles. The Morgan fingerprint density at radius 1 is 1.07 bits per heavy atom. The van der Waals surface area contributed by atoms with Crippen LogP contribution in [0.3, 0.4) is 0 Å². The van der Waals surface area contributed by atoms with E-state index in [9.17, 15) is 8.42 Å². The van der Waals surface area contributed by atoms with Gasteiger partial charge in [0, 0.05) is 31.1 Å². The van der Waals surface area contributed by atoms with Crippen molar-refractivity contribution in [3.05, 3.63) is 60.8 Å². The van der Waals surface area contributed by atoms with Crippen LogP contribution in [-0.2, 0) is 14.8 Å². The van der Waals surface area contributed by atoms with Gasteiger partial charge in [0.1, 0.15) is 0 Å². The molecule has 156 valence electrons. The molecule has 0 amide bonds. The summed E-state index contributed by atoms with van der Waals surface area (Å²) < 4.78 is 48.9. The van der Waals surface area contributed by atoms with Gasteiger partial charge in [-0.1, -0.05) is 36.4 Å². The highest BCUT2D eigenvalue weighted by atomic mass is 32.2. The summed E-state index contributed by atoms with van der Waals surface area (Å²) in [6.07, 6.45) is 0.367. The van der Waals surface area contributed by atoms with E-state index in [2.05, 4.69) is 9.97 Å². The van der Waals surface area contributed by atoms with Crippen molar-refractivity contribution in [2.75, 3.05) is 31.1 Å². The lowest BCUT2D eigenvalue weighted by molar-refractivity contribution is -0.116. The molecule has 9 heteroatoms. The predicted octanol–water partition coefficient (Wildman–Crippen LogP) is 2.60. The van der Waals surface area contributed by atoms with Crippen LogP contribution in [0.5, 0.6) is 0 Å². The second kappa shape index (κ2) is 7.26. The Kier molecular flexibility index (Phi) is 4.68. The number of anilines is 1. The van der Waals surface area contributed by atoms with Crippen LogP contribution in [0, 0.1) is 0 Å². The fourth-order valence-electron chi connectivity index (χ4n) is 4.23. The molecule has 2 atom stereocenters. The Morgan fingerprint density at radius 2 is 1.83 bits per heavy atom. The van der Waals surface area contributed by atoms with Gasteiger partial charge in [0.2, 0.25) is 16.0 Å². The number of piperidine rings is 1. The lowest BCUT2D eigenvalue weighted by Gasteiger charge is -2.44. The van der Waals surface area contributed by atoms with Gasteiger partial charge in [0.05, 0.1) is 23.6 Å². The molecular formula is C21H21FN4O3S. The molecule has 0 bridgehead atoms. The lowest BCUT2D eigenvalue weighted by atomic mass is 9.99. The third-order valence-corrected chi connectivity index (χ3v) is 7.71. The standard InChI is InChI=1S/C21H21FN4O3S/c22-19-15-25(20-23-14-16-6-4-5-9-18(16)24-20)11-10-21(19)26(12-13-29-21)30(27,28)17-7-2-1-3-8-17/h1-9,14,19H,10-13,15H2. The van der Waals surface area contributed by atoms with E-state index in [4.69, 9.17) is 4.74 Å². The Balaban J connectivity index is 1.42. The van der Waals surface area contributed by atoms with Gasteiger partial charge >= 0.3 is 0 Å². The number of ether oxygens (including phenoxy) is 1. The minimum Gasteiger partial charge on any atom is -0.355 e. The third-order valence-electron chi connectivity index (χ3n) is 5.77. The van der Waals surface area contributed by atoms with Gasteiger partial charge in [-0.2, -0.15) is 4.31 Å². The van der Waals surface area contributed by atoms with Gasteiger partial charge in [0.25, 0.3) is 0 Å². The number of para-hydroxylation sites is 1. The summed E-state index contributed by atoms with van der Waals surface area (Å²) in [5.74, 6) is 0.432. The predicted molar refractivity (Wildman–Crippen MR) is 110 cm³/mol. The van der Waals surface area contributed by atoms with Gasteiger partial charge < -0.3 is 9.64 Å². The molecule has 2 aliphatic rings. The molecule has 2 saturated heterocycles. The maximum Gasteiger partial charge on any atom is 0.245 e. The molecular weight excluding hydrogens is 407 g/mol. The summed E-state index contributed by atoms with van der Waals surface area (Å²) >= 11 is 0. The maximum absolute atomic E-state index is 15.6. The van der Waals surface area contributed by atoms with Crippen molar-refractivity contribution < 1.29 is 17.5 Å². The first kappa shape index (κ1) is 19.3. The first-order valence-corrected chi connectivity index (χ1v) is 11.3. The van der Waals surface area contributed by atoms with Crippen LogP contribution in [0.2, 0.25) is 0 Å². The van der Waals surface area contributed by atoms with E-state index in [-0.39, 0.29) is 31.0 Å². The Bertz CT molecular complexity index is 1180. The van der Waals surface area contributed by atoms with Crippen molar-refractivity contribution in [1.29, 1.82) is 0 Å². The highest BCUT2D eigenvalue weighted by Gasteiger charge is 2.57. The first-order valence-electron chi connectivity index (χ1n) is 9.83. The Labute approximate surface area is 174 Å². The summed E-state index contributed by atoms with van der Waals surface area (Å²) in [6, 6.07) is 15.7. The van der Waals surface area contributed by atoms with Gasteiger partial charge in [-0.15, -0.1) is 0 Å². The molecule has 30 heavy (non-hydrogen) atoms. The first-order chi connectivity index (χ1) is 14.5. The lowest BCUT2D eigenvalue weighted by Crippen LogP contribution is -2.62. The van der Waals surface area contributed by atoms with Crippen molar-refractivity contribution in [1.82, 2.24) is 14.3 Å². The summed E-state index contributed by atoms with van der Waals surface area (Å²) in [7, 11) is -3.87. The Hall–Kier alpha value is -2.62. The monoisotopic (exact) mass is 428 g/mol. The van der Waals surface area contributed by atoms with E-state index >= 15 is 4.39 Å². The van der Waals surface area contributed by atoms with Crippen LogP contribution in [-0.4, -0.2) is 60.8 Å². The number of benzene rings is 2. The summed E-state index contributed by atoms with van der Waals surface area (Å²) in [5, 5.41) is 0.908. The molecule has 2 aromatic carbocycles. The number of aromatic nitrogens is 2. The van der Waals surface area contributed by atoms with Crippen LogP contribution in [0.25, 0.3) is 10.9 Å². The maximum atomic E-state index is 15.6. The molecule has 3 heterocycles. The zero-order valence-corrected chi connectivity index (χ0v) is 17.0. The molecule has 3 aromatic rings. The fraction of sp³-hybridized carbons (Fsp3) is 0.333. The average Bonchev–Trinajstić information content (AvgIpc) is 3.21. The molecule has 0 saturated carbocycles. The summed E-state index contributed by atoms with van der Waals surface area (Å²) in [4.78, 5) is 10.8. The van der Waals surface area contributed by atoms with E-state index in [1.807, 2.05) is 24.3 Å². The van der Waals surface area contributed by atoms with Crippen molar-refractivity contribution in [2.24, 2.45) is 0 Å². The number of halogens is 1. The zero-order chi connectivity index (χ0) is 20.8. The normalized spacial score (nSPS) is 25.2. The second-order valence-electron chi connectivity index (χ2n) is 7.48. The van der Waals surface area contributed by atoms with Crippen LogP contribution < -0.4 is 4.90 Å². The summed E-state index contributed by atoms with van der Waals surface area (Å²) in [6.45, 7) is 0.641. The van der Waals surface area contributed by atoms with Crippen molar-refractivity contribution in [3.63, 3.8) is 0 Å². The van der Waals surface area contributed by atoms with Gasteiger partial charge in [-0.05, 0) is 18.2 Å². The number of alkyl halides is 1. The van der Waals surface area contributed by atoms with Gasteiger partial charge in [-0.25, -0.2) is 22.8 Å². The number of rotatable bonds is 3. The minimum atomic E-state index is -3.87. The molecule has 2 aliphatic heterocycles. The fourth-order valence-corrected chi connectivity index (χ4v) is 5.96. The molecule has 1 spiro atoms. The molecule has 0 radical (unpaired) electrons. The third kappa shape index (κ3) is 3.05. The van der Waals surface area contributed by atoms with Crippen LogP contribution >= 0.6 is 0 Å². The molecule has 2 fully saturated rings. The van der Waals surface area contributed by atoms with Crippen LogP contribution in [0.15, 0.2) is 65.7 Å². The Morgan fingerprint density at radius 3 is 2.63 bits per heavy atom. The van der Waals surface area contributed by atoms with Gasteiger partial charge in [-0.3, -0.25) is 0 Å². The highest BCUT2D eigenvalue weighted by molar-refractivity contribution is 7.89. The molecule has 7 nitrogen and oxygen atoms in total. The number of sulfonamides is 1. The van der Waals surface area contributed by atoms with Crippen LogP contribution in [0.4, 0.5) is 10.3 Å². The van der Waals surface area contributed by atoms with Crippen molar-refractivity contribution >= 4 is 26.9 Å². The van der Waals surface area contributed by atoms with E-state index in [1.54, 1.807) is 29.3 Å². The van der Waals surface area contributed by atoms with Crippen LogP contribution in [0.1, 0.15) is 6.42 Å². The van der Waals surface area contributed by atoms with E-state index in [0.29, 0.717) is 12.5 Å². The molecule has 0 N–H and O–H groups in total. The second-order valence-corrected chi connectivity index (χ2v) is 9.34. The zero-order valence-electron chi connectivity index (χ0n) is 16.2. The topological polar surface area (TPSA) is 75.6 Å². The largest absolute Gasteiger partial charge is 0.355 e. The molecule has 0 aliphatic carbocycles. The molecule has 2 unspecified atom stereocenters. The average molecular weight is 428 g/mol. The SMILES string of the molecule is O=S(=O)(c1ccccc1)N1CCOC12CCN(c1ncc3ccccc3n1)CC2F. The summed E-state index contributed by atoms with van der Waals surface area (Å²) in [5.41, 5.74) is -0.717. The van der Waals surface area contributed by atoms with E-state index < -0.39 is 21.9 Å². The smallest absolute Gasteiger partial charge is 0.245 e. The number of fused-ring (bicyclic) bond motifs is 1. The van der Waals surface area contributed by atoms with Crippen molar-refractivity contribution in [3.8, 4) is 0 Å². The quantitative estimate of drug-likeness (QED) is 0.638. The van der Waals surface area contributed by atoms with E-state index in [0.717, 1.165) is 10.9 Å². The van der Waals surface area contributed by atoms with Gasteiger partial charge in [0.15, 0.2) is 11.9 Å². The number of hydrogen-bond donors (Lipinski definition) is 0. The molecule has 5 rings (SSSR count). The number of hydrogen-bond acceptors (Lipinski definition) is 6.